The molecular weight excluding hydrogens is 464 g/mol. The molecule has 3 saturated heterocycles. The molecule has 6 heterocycles. The standard InChI is InChI=1S/C28H36N8O/c1-2-36-24(19-33-13-8-20(9-14-33)34-11-4-12-34)30-25-27(35-15-17-37-18-16-35)31-26(32-28(25)36)22-5-3-6-23-21(22)7-10-29-23/h3,5-7,10,20,29H,2,4,8-9,11-19H2,1H3. The molecule has 194 valence electrons. The number of hydrogen-bond acceptors (Lipinski definition) is 7. The molecule has 0 spiro atoms. The van der Waals surface area contributed by atoms with Gasteiger partial charge in [-0.05, 0) is 51.4 Å². The Morgan fingerprint density at radius 3 is 2.57 bits per heavy atom. The minimum absolute atomic E-state index is 0.710. The van der Waals surface area contributed by atoms with E-state index < -0.39 is 0 Å². The van der Waals surface area contributed by atoms with Gasteiger partial charge in [0.15, 0.2) is 22.8 Å². The number of rotatable bonds is 6. The maximum Gasteiger partial charge on any atom is 0.166 e. The first-order chi connectivity index (χ1) is 18.3. The van der Waals surface area contributed by atoms with Crippen molar-refractivity contribution in [3.63, 3.8) is 0 Å². The zero-order valence-corrected chi connectivity index (χ0v) is 21.7. The first-order valence-corrected chi connectivity index (χ1v) is 13.9. The van der Waals surface area contributed by atoms with Crippen LogP contribution in [0.15, 0.2) is 30.5 Å². The van der Waals surface area contributed by atoms with E-state index in [4.69, 9.17) is 19.7 Å². The van der Waals surface area contributed by atoms with E-state index in [1.54, 1.807) is 0 Å². The fraction of sp³-hybridized carbons (Fsp3) is 0.536. The molecule has 0 aliphatic carbocycles. The molecule has 1 N–H and O–H groups in total. The van der Waals surface area contributed by atoms with Crippen LogP contribution in [0.4, 0.5) is 5.82 Å². The second-order valence-electron chi connectivity index (χ2n) is 10.6. The van der Waals surface area contributed by atoms with Crippen molar-refractivity contribution in [3.8, 4) is 11.4 Å². The second-order valence-corrected chi connectivity index (χ2v) is 10.6. The van der Waals surface area contributed by atoms with E-state index in [0.717, 1.165) is 90.4 Å². The summed E-state index contributed by atoms with van der Waals surface area (Å²) >= 11 is 0. The Balaban J connectivity index is 1.27. The van der Waals surface area contributed by atoms with Crippen molar-refractivity contribution in [2.24, 2.45) is 0 Å². The van der Waals surface area contributed by atoms with Crippen LogP contribution in [0.1, 0.15) is 32.0 Å². The lowest BCUT2D eigenvalue weighted by molar-refractivity contribution is 0.0602. The van der Waals surface area contributed by atoms with Crippen LogP contribution in [0.5, 0.6) is 0 Å². The summed E-state index contributed by atoms with van der Waals surface area (Å²) in [6.45, 7) is 11.8. The molecule has 3 aliphatic heterocycles. The predicted molar refractivity (Wildman–Crippen MR) is 146 cm³/mol. The van der Waals surface area contributed by atoms with Crippen LogP contribution in [0, 0.1) is 0 Å². The molecule has 0 bridgehead atoms. The summed E-state index contributed by atoms with van der Waals surface area (Å²) in [4.78, 5) is 26.4. The Bertz CT molecular complexity index is 1390. The molecule has 3 fully saturated rings. The predicted octanol–water partition coefficient (Wildman–Crippen LogP) is 3.50. The summed E-state index contributed by atoms with van der Waals surface area (Å²) in [6, 6.07) is 9.17. The van der Waals surface area contributed by atoms with Crippen molar-refractivity contribution in [3.05, 3.63) is 36.3 Å². The monoisotopic (exact) mass is 500 g/mol. The number of nitrogens with zero attached hydrogens (tertiary/aromatic N) is 7. The summed E-state index contributed by atoms with van der Waals surface area (Å²) in [5.41, 5.74) is 4.00. The molecule has 3 aliphatic rings. The fourth-order valence-electron chi connectivity index (χ4n) is 6.23. The average Bonchev–Trinajstić information content (AvgIpc) is 3.53. The van der Waals surface area contributed by atoms with Gasteiger partial charge in [0.2, 0.25) is 0 Å². The molecule has 9 nitrogen and oxygen atoms in total. The SMILES string of the molecule is CCn1c(CN2CCC(N3CCC3)CC2)nc2c(N3CCOCC3)nc(-c3cccc4[nH]ccc34)nc21. The third-order valence-electron chi connectivity index (χ3n) is 8.45. The van der Waals surface area contributed by atoms with Crippen molar-refractivity contribution in [1.29, 1.82) is 0 Å². The number of likely N-dealkylation sites (tertiary alicyclic amines) is 2. The zero-order valence-electron chi connectivity index (χ0n) is 21.7. The Morgan fingerprint density at radius 2 is 1.81 bits per heavy atom. The number of fused-ring (bicyclic) bond motifs is 2. The minimum Gasteiger partial charge on any atom is -0.378 e. The number of benzene rings is 1. The first kappa shape index (κ1) is 23.1. The van der Waals surface area contributed by atoms with E-state index >= 15 is 0 Å². The summed E-state index contributed by atoms with van der Waals surface area (Å²) in [7, 11) is 0. The van der Waals surface area contributed by atoms with Gasteiger partial charge in [-0.1, -0.05) is 12.1 Å². The number of morpholine rings is 1. The Hall–Kier alpha value is -3.01. The van der Waals surface area contributed by atoms with E-state index in [1.165, 1.54) is 32.4 Å². The van der Waals surface area contributed by atoms with Crippen LogP contribution < -0.4 is 4.90 Å². The number of aryl methyl sites for hydroxylation is 1. The Labute approximate surface area is 217 Å². The summed E-state index contributed by atoms with van der Waals surface area (Å²) in [6.07, 6.45) is 5.87. The minimum atomic E-state index is 0.710. The zero-order chi connectivity index (χ0) is 24.8. The molecule has 0 unspecified atom stereocenters. The summed E-state index contributed by atoms with van der Waals surface area (Å²) in [5, 5.41) is 1.14. The van der Waals surface area contributed by atoms with Gasteiger partial charge < -0.3 is 24.1 Å². The molecule has 0 atom stereocenters. The van der Waals surface area contributed by atoms with E-state index in [9.17, 15) is 0 Å². The van der Waals surface area contributed by atoms with Gasteiger partial charge in [-0.15, -0.1) is 0 Å². The smallest absolute Gasteiger partial charge is 0.166 e. The molecule has 1 aromatic carbocycles. The van der Waals surface area contributed by atoms with E-state index in [1.807, 2.05) is 6.20 Å². The van der Waals surface area contributed by atoms with Crippen molar-refractivity contribution >= 4 is 27.9 Å². The summed E-state index contributed by atoms with van der Waals surface area (Å²) in [5.74, 6) is 2.79. The van der Waals surface area contributed by atoms with Gasteiger partial charge in [0, 0.05) is 61.4 Å². The van der Waals surface area contributed by atoms with E-state index in [2.05, 4.69) is 55.4 Å². The van der Waals surface area contributed by atoms with Gasteiger partial charge in [0.05, 0.1) is 19.8 Å². The highest BCUT2D eigenvalue weighted by Gasteiger charge is 2.29. The number of nitrogens with one attached hydrogen (secondary N) is 1. The average molecular weight is 501 g/mol. The highest BCUT2D eigenvalue weighted by molar-refractivity contribution is 5.95. The molecule has 0 amide bonds. The van der Waals surface area contributed by atoms with E-state index in [-0.39, 0.29) is 0 Å². The van der Waals surface area contributed by atoms with Crippen molar-refractivity contribution in [2.75, 3.05) is 57.4 Å². The van der Waals surface area contributed by atoms with Crippen LogP contribution >= 0.6 is 0 Å². The topological polar surface area (TPSA) is 78.3 Å². The number of aromatic amines is 1. The molecule has 4 aromatic rings. The largest absolute Gasteiger partial charge is 0.378 e. The highest BCUT2D eigenvalue weighted by atomic mass is 16.5. The Morgan fingerprint density at radius 1 is 0.973 bits per heavy atom. The molecule has 9 heteroatoms. The van der Waals surface area contributed by atoms with Crippen LogP contribution in [0.25, 0.3) is 33.5 Å². The van der Waals surface area contributed by atoms with Crippen LogP contribution in [-0.4, -0.2) is 92.8 Å². The maximum atomic E-state index is 5.66. The van der Waals surface area contributed by atoms with Gasteiger partial charge in [-0.2, -0.15) is 0 Å². The van der Waals surface area contributed by atoms with Gasteiger partial charge in [-0.25, -0.2) is 15.0 Å². The first-order valence-electron chi connectivity index (χ1n) is 13.9. The van der Waals surface area contributed by atoms with Crippen molar-refractivity contribution in [1.82, 2.24) is 34.3 Å². The number of hydrogen-bond donors (Lipinski definition) is 1. The van der Waals surface area contributed by atoms with Crippen molar-refractivity contribution in [2.45, 2.75) is 45.3 Å². The molecule has 3 aromatic heterocycles. The lowest BCUT2D eigenvalue weighted by atomic mass is 10.00. The molecule has 7 rings (SSSR count). The molecule has 0 radical (unpaired) electrons. The Kier molecular flexibility index (Phi) is 6.07. The number of piperidine rings is 1. The van der Waals surface area contributed by atoms with E-state index in [0.29, 0.717) is 13.2 Å². The van der Waals surface area contributed by atoms with Crippen LogP contribution in [0.3, 0.4) is 0 Å². The number of ether oxygens (including phenoxy) is 1. The number of aromatic nitrogens is 5. The number of H-pyrrole nitrogens is 1. The number of imidazole rings is 1. The fourth-order valence-corrected chi connectivity index (χ4v) is 6.23. The van der Waals surface area contributed by atoms with Gasteiger partial charge >= 0.3 is 0 Å². The quantitative estimate of drug-likeness (QED) is 0.434. The number of anilines is 1. The van der Waals surface area contributed by atoms with Gasteiger partial charge in [0.1, 0.15) is 5.82 Å². The van der Waals surface area contributed by atoms with Crippen LogP contribution in [-0.2, 0) is 17.8 Å². The lowest BCUT2D eigenvalue weighted by Crippen LogP contribution is -2.50. The van der Waals surface area contributed by atoms with Gasteiger partial charge in [-0.3, -0.25) is 4.90 Å². The lowest BCUT2D eigenvalue weighted by Gasteiger charge is -2.42. The highest BCUT2D eigenvalue weighted by Crippen LogP contribution is 2.32. The second kappa shape index (κ2) is 9.70. The molecule has 0 saturated carbocycles. The normalized spacial score (nSPS) is 20.2. The summed E-state index contributed by atoms with van der Waals surface area (Å²) < 4.78 is 7.97. The third-order valence-corrected chi connectivity index (χ3v) is 8.45. The molecular formula is C28H36N8O. The van der Waals surface area contributed by atoms with Gasteiger partial charge in [0.25, 0.3) is 0 Å². The maximum absolute atomic E-state index is 5.66. The van der Waals surface area contributed by atoms with Crippen LogP contribution in [0.2, 0.25) is 0 Å². The third kappa shape index (κ3) is 4.19. The van der Waals surface area contributed by atoms with Crippen molar-refractivity contribution < 1.29 is 4.74 Å². The molecule has 37 heavy (non-hydrogen) atoms.